The molecule has 1 aliphatic carbocycles. The van der Waals surface area contributed by atoms with Crippen molar-refractivity contribution >= 4 is 11.7 Å². The average Bonchev–Trinajstić information content (AvgIpc) is 3.15. The third-order valence-electron chi connectivity index (χ3n) is 6.94. The van der Waals surface area contributed by atoms with Crippen LogP contribution in [0.3, 0.4) is 0 Å². The van der Waals surface area contributed by atoms with Crippen LogP contribution in [0.5, 0.6) is 0 Å². The lowest BCUT2D eigenvalue weighted by Crippen LogP contribution is -2.45. The van der Waals surface area contributed by atoms with Crippen molar-refractivity contribution in [2.45, 2.75) is 90.3 Å². The molecular formula is C25H35F3N4O2. The van der Waals surface area contributed by atoms with Crippen LogP contribution in [0.25, 0.3) is 5.65 Å². The fraction of sp³-hybridized carbons (Fsp3) is 0.720. The van der Waals surface area contributed by atoms with Crippen molar-refractivity contribution < 1.29 is 22.7 Å². The van der Waals surface area contributed by atoms with Gasteiger partial charge >= 0.3 is 12.3 Å². The van der Waals surface area contributed by atoms with E-state index in [1.807, 2.05) is 44.3 Å². The zero-order chi connectivity index (χ0) is 24.8. The first-order chi connectivity index (χ1) is 15.8. The quantitative estimate of drug-likeness (QED) is 0.511. The number of aromatic nitrogens is 3. The van der Waals surface area contributed by atoms with E-state index in [1.54, 1.807) is 4.90 Å². The molecule has 4 rings (SSSR count). The topological polar surface area (TPSA) is 59.7 Å². The van der Waals surface area contributed by atoms with Crippen LogP contribution >= 0.6 is 0 Å². The molecule has 3 heterocycles. The number of carbonyl (C=O) groups excluding carboxylic acids is 1. The van der Waals surface area contributed by atoms with Crippen LogP contribution in [0.1, 0.15) is 88.7 Å². The summed E-state index contributed by atoms with van der Waals surface area (Å²) in [4.78, 5) is 19.2. The molecular weight excluding hydrogens is 445 g/mol. The lowest BCUT2D eigenvalue weighted by atomic mass is 9.80. The number of hydrogen-bond acceptors (Lipinski definition) is 4. The molecule has 1 saturated heterocycles. The van der Waals surface area contributed by atoms with Gasteiger partial charge in [0.2, 0.25) is 0 Å². The molecule has 188 valence electrons. The maximum absolute atomic E-state index is 13.1. The minimum Gasteiger partial charge on any atom is -0.444 e. The number of aryl methyl sites for hydroxylation is 1. The van der Waals surface area contributed by atoms with Crippen molar-refractivity contribution in [2.75, 3.05) is 13.1 Å². The van der Waals surface area contributed by atoms with E-state index in [0.717, 1.165) is 23.5 Å². The van der Waals surface area contributed by atoms with Crippen LogP contribution in [0, 0.1) is 18.8 Å². The van der Waals surface area contributed by atoms with Gasteiger partial charge in [0.25, 0.3) is 0 Å². The van der Waals surface area contributed by atoms with Gasteiger partial charge in [0.15, 0.2) is 5.65 Å². The van der Waals surface area contributed by atoms with E-state index in [1.165, 1.54) is 0 Å². The molecule has 2 aromatic heterocycles. The second kappa shape index (κ2) is 9.04. The first-order valence-electron chi connectivity index (χ1n) is 12.2. The normalized spacial score (nSPS) is 26.6. The molecule has 1 amide bonds. The minimum absolute atomic E-state index is 0.0111. The summed E-state index contributed by atoms with van der Waals surface area (Å²) in [5.41, 5.74) is 2.81. The maximum atomic E-state index is 13.1. The second-order valence-corrected chi connectivity index (χ2v) is 11.2. The van der Waals surface area contributed by atoms with Crippen LogP contribution in [0.15, 0.2) is 12.1 Å². The van der Waals surface area contributed by atoms with Crippen molar-refractivity contribution in [1.29, 1.82) is 0 Å². The Kier molecular flexibility index (Phi) is 6.59. The predicted molar refractivity (Wildman–Crippen MR) is 123 cm³/mol. The molecule has 34 heavy (non-hydrogen) atoms. The molecule has 1 aliphatic heterocycles. The Morgan fingerprint density at radius 1 is 1.06 bits per heavy atom. The smallest absolute Gasteiger partial charge is 0.410 e. The molecule has 2 aliphatic rings. The highest BCUT2D eigenvalue weighted by atomic mass is 19.4. The summed E-state index contributed by atoms with van der Waals surface area (Å²) in [5.74, 6) is -0.840. The van der Waals surface area contributed by atoms with Gasteiger partial charge in [-0.05, 0) is 71.8 Å². The van der Waals surface area contributed by atoms with E-state index in [4.69, 9.17) is 9.84 Å². The highest BCUT2D eigenvalue weighted by Crippen LogP contribution is 2.43. The standard InChI is InChI=1S/C25H35F3N4O2/c1-15-10-18(14-31(13-15)23(33)34-24(3,4)5)21-11-16(2)29-22-12-20(30-32(21)22)17-6-8-19(9-7-17)25(26,27)28/h11-12,15,17-19H,6-10,13-14H2,1-5H3/t15-,17?,18+,19?/m0/s1. The number of halogens is 3. The Balaban J connectivity index is 1.58. The van der Waals surface area contributed by atoms with Gasteiger partial charge in [-0.25, -0.2) is 14.3 Å². The number of hydrogen-bond donors (Lipinski definition) is 0. The number of ether oxygens (including phenoxy) is 1. The van der Waals surface area contributed by atoms with Crippen molar-refractivity contribution in [3.63, 3.8) is 0 Å². The predicted octanol–water partition coefficient (Wildman–Crippen LogP) is 6.23. The average molecular weight is 481 g/mol. The Morgan fingerprint density at radius 2 is 1.74 bits per heavy atom. The maximum Gasteiger partial charge on any atom is 0.410 e. The monoisotopic (exact) mass is 480 g/mol. The third kappa shape index (κ3) is 5.49. The van der Waals surface area contributed by atoms with Gasteiger partial charge in [-0.1, -0.05) is 6.92 Å². The van der Waals surface area contributed by atoms with Gasteiger partial charge < -0.3 is 9.64 Å². The van der Waals surface area contributed by atoms with Gasteiger partial charge in [-0.3, -0.25) is 0 Å². The van der Waals surface area contributed by atoms with Crippen LogP contribution in [0.4, 0.5) is 18.0 Å². The molecule has 0 bridgehead atoms. The number of carbonyl (C=O) groups is 1. The van der Waals surface area contributed by atoms with Crippen molar-refractivity contribution in [2.24, 2.45) is 11.8 Å². The van der Waals surface area contributed by atoms with Gasteiger partial charge in [-0.2, -0.15) is 18.3 Å². The highest BCUT2D eigenvalue weighted by Gasteiger charge is 2.42. The van der Waals surface area contributed by atoms with Gasteiger partial charge in [0.1, 0.15) is 5.60 Å². The minimum atomic E-state index is -4.12. The Bertz CT molecular complexity index is 1040. The van der Waals surface area contributed by atoms with Gasteiger partial charge in [0, 0.05) is 36.7 Å². The number of nitrogens with zero attached hydrogens (tertiary/aromatic N) is 4. The molecule has 0 aromatic carbocycles. The lowest BCUT2D eigenvalue weighted by Gasteiger charge is -2.37. The lowest BCUT2D eigenvalue weighted by molar-refractivity contribution is -0.182. The van der Waals surface area contributed by atoms with E-state index in [9.17, 15) is 18.0 Å². The molecule has 2 aromatic rings. The van der Waals surface area contributed by atoms with E-state index in [-0.39, 0.29) is 30.8 Å². The molecule has 9 heteroatoms. The Labute approximate surface area is 198 Å². The SMILES string of the molecule is Cc1cc([C@@H]2C[C@H](C)CN(C(=O)OC(C)(C)C)C2)n2nc(C3CCC(C(F)(F)F)CC3)cc2n1. The summed E-state index contributed by atoms with van der Waals surface area (Å²) >= 11 is 0. The first kappa shape index (κ1) is 24.8. The van der Waals surface area contributed by atoms with E-state index >= 15 is 0 Å². The molecule has 0 radical (unpaired) electrons. The molecule has 1 saturated carbocycles. The number of fused-ring (bicyclic) bond motifs is 1. The summed E-state index contributed by atoms with van der Waals surface area (Å²) in [6.45, 7) is 10.8. The van der Waals surface area contributed by atoms with E-state index in [0.29, 0.717) is 37.5 Å². The van der Waals surface area contributed by atoms with Crippen molar-refractivity contribution in [1.82, 2.24) is 19.5 Å². The van der Waals surface area contributed by atoms with Crippen LogP contribution in [-0.2, 0) is 4.74 Å². The zero-order valence-electron chi connectivity index (χ0n) is 20.7. The zero-order valence-corrected chi connectivity index (χ0v) is 20.7. The number of piperidine rings is 1. The summed E-state index contributed by atoms with van der Waals surface area (Å²) in [7, 11) is 0. The summed E-state index contributed by atoms with van der Waals surface area (Å²) in [6, 6.07) is 3.94. The first-order valence-corrected chi connectivity index (χ1v) is 12.2. The molecule has 0 spiro atoms. The number of alkyl halides is 3. The number of rotatable bonds is 2. The Morgan fingerprint density at radius 3 is 2.35 bits per heavy atom. The molecule has 0 unspecified atom stereocenters. The summed E-state index contributed by atoms with van der Waals surface area (Å²) in [6.07, 6.45) is -2.27. The molecule has 2 atom stereocenters. The van der Waals surface area contributed by atoms with E-state index in [2.05, 4.69) is 11.9 Å². The van der Waals surface area contributed by atoms with Crippen molar-refractivity contribution in [3.05, 3.63) is 29.2 Å². The number of amides is 1. The van der Waals surface area contributed by atoms with Gasteiger partial charge in [-0.15, -0.1) is 0 Å². The summed E-state index contributed by atoms with van der Waals surface area (Å²) < 4.78 is 46.7. The second-order valence-electron chi connectivity index (χ2n) is 11.2. The molecule has 2 fully saturated rings. The van der Waals surface area contributed by atoms with E-state index < -0.39 is 17.7 Å². The largest absolute Gasteiger partial charge is 0.444 e. The fourth-order valence-corrected chi connectivity index (χ4v) is 5.39. The van der Waals surface area contributed by atoms with Crippen LogP contribution < -0.4 is 0 Å². The van der Waals surface area contributed by atoms with Crippen LogP contribution in [-0.4, -0.2) is 50.5 Å². The Hall–Kier alpha value is -2.32. The molecule has 0 N–H and O–H groups in total. The third-order valence-corrected chi connectivity index (χ3v) is 6.94. The van der Waals surface area contributed by atoms with Crippen LogP contribution in [0.2, 0.25) is 0 Å². The molecule has 6 nitrogen and oxygen atoms in total. The highest BCUT2D eigenvalue weighted by molar-refractivity contribution is 5.68. The van der Waals surface area contributed by atoms with Gasteiger partial charge in [0.05, 0.1) is 17.3 Å². The van der Waals surface area contributed by atoms with Crippen molar-refractivity contribution in [3.8, 4) is 0 Å². The fourth-order valence-electron chi connectivity index (χ4n) is 5.39. The summed E-state index contributed by atoms with van der Waals surface area (Å²) in [5, 5.41) is 4.83. The number of likely N-dealkylation sites (tertiary alicyclic amines) is 1.